The summed E-state index contributed by atoms with van der Waals surface area (Å²) in [5, 5.41) is 8.84. The molecule has 1 aromatic carbocycles. The van der Waals surface area contributed by atoms with E-state index in [4.69, 9.17) is 4.74 Å². The van der Waals surface area contributed by atoms with Crippen molar-refractivity contribution in [3.63, 3.8) is 0 Å². The Hall–Kier alpha value is -2.24. The Kier molecular flexibility index (Phi) is 6.42. The van der Waals surface area contributed by atoms with Crippen molar-refractivity contribution >= 4 is 23.2 Å². The van der Waals surface area contributed by atoms with E-state index in [9.17, 15) is 9.59 Å². The minimum atomic E-state index is -0.392. The SMILES string of the molecule is CCC(C)(C)NC(=O)[C@@H](C)Nc1ccc(NC(C)=O)c(OC)c1. The Balaban J connectivity index is 2.80. The number of ether oxygens (including phenoxy) is 1. The van der Waals surface area contributed by atoms with Crippen LogP contribution < -0.4 is 20.7 Å². The van der Waals surface area contributed by atoms with Gasteiger partial charge in [0.2, 0.25) is 11.8 Å². The number of carbonyl (C=O) groups is 2. The molecule has 0 fully saturated rings. The summed E-state index contributed by atoms with van der Waals surface area (Å²) < 4.78 is 5.27. The van der Waals surface area contributed by atoms with Crippen LogP contribution in [-0.4, -0.2) is 30.5 Å². The molecule has 0 aliphatic carbocycles. The molecule has 0 heterocycles. The van der Waals surface area contributed by atoms with E-state index in [-0.39, 0.29) is 17.4 Å². The molecule has 0 aromatic heterocycles. The molecule has 128 valence electrons. The third-order valence-corrected chi connectivity index (χ3v) is 3.63. The number of benzene rings is 1. The first-order valence-electron chi connectivity index (χ1n) is 7.72. The Labute approximate surface area is 138 Å². The third-order valence-electron chi connectivity index (χ3n) is 3.63. The molecule has 0 aliphatic heterocycles. The lowest BCUT2D eigenvalue weighted by molar-refractivity contribution is -0.123. The van der Waals surface area contributed by atoms with E-state index in [0.29, 0.717) is 11.4 Å². The van der Waals surface area contributed by atoms with Gasteiger partial charge < -0.3 is 20.7 Å². The van der Waals surface area contributed by atoms with Gasteiger partial charge in [0.05, 0.1) is 12.8 Å². The fraction of sp³-hybridized carbons (Fsp3) is 0.529. The van der Waals surface area contributed by atoms with Crippen molar-refractivity contribution < 1.29 is 14.3 Å². The molecule has 0 saturated carbocycles. The fourth-order valence-electron chi connectivity index (χ4n) is 1.92. The molecule has 6 heteroatoms. The highest BCUT2D eigenvalue weighted by atomic mass is 16.5. The van der Waals surface area contributed by atoms with Crippen LogP contribution in [0, 0.1) is 0 Å². The molecule has 0 unspecified atom stereocenters. The monoisotopic (exact) mass is 321 g/mol. The van der Waals surface area contributed by atoms with Gasteiger partial charge in [-0.25, -0.2) is 0 Å². The maximum atomic E-state index is 12.2. The summed E-state index contributed by atoms with van der Waals surface area (Å²) in [6.45, 7) is 9.25. The lowest BCUT2D eigenvalue weighted by Crippen LogP contribution is -2.48. The lowest BCUT2D eigenvalue weighted by Gasteiger charge is -2.27. The molecule has 1 aromatic rings. The van der Waals surface area contributed by atoms with Crippen molar-refractivity contribution in [1.29, 1.82) is 0 Å². The number of anilines is 2. The van der Waals surface area contributed by atoms with E-state index in [0.717, 1.165) is 12.1 Å². The quantitative estimate of drug-likeness (QED) is 0.721. The van der Waals surface area contributed by atoms with Crippen LogP contribution in [-0.2, 0) is 9.59 Å². The fourth-order valence-corrected chi connectivity index (χ4v) is 1.92. The van der Waals surface area contributed by atoms with Crippen LogP contribution in [0.5, 0.6) is 5.75 Å². The summed E-state index contributed by atoms with van der Waals surface area (Å²) >= 11 is 0. The molecule has 0 aliphatic rings. The van der Waals surface area contributed by atoms with Crippen LogP contribution in [0.15, 0.2) is 18.2 Å². The Morgan fingerprint density at radius 1 is 1.30 bits per heavy atom. The summed E-state index contributed by atoms with van der Waals surface area (Å²) in [5.74, 6) is 0.298. The predicted octanol–water partition coefficient (Wildman–Crippen LogP) is 2.76. The zero-order valence-corrected chi connectivity index (χ0v) is 14.7. The highest BCUT2D eigenvalue weighted by molar-refractivity contribution is 5.91. The van der Waals surface area contributed by atoms with E-state index in [1.165, 1.54) is 14.0 Å². The van der Waals surface area contributed by atoms with Gasteiger partial charge in [-0.15, -0.1) is 0 Å². The molecule has 1 rings (SSSR count). The van der Waals surface area contributed by atoms with Crippen molar-refractivity contribution in [2.75, 3.05) is 17.7 Å². The second-order valence-corrected chi connectivity index (χ2v) is 6.19. The van der Waals surface area contributed by atoms with Crippen molar-refractivity contribution in [3.05, 3.63) is 18.2 Å². The highest BCUT2D eigenvalue weighted by Crippen LogP contribution is 2.28. The second-order valence-electron chi connectivity index (χ2n) is 6.19. The van der Waals surface area contributed by atoms with Crippen LogP contribution in [0.25, 0.3) is 0 Å². The summed E-state index contributed by atoms with van der Waals surface area (Å²) in [4.78, 5) is 23.4. The van der Waals surface area contributed by atoms with Gasteiger partial charge >= 0.3 is 0 Å². The first kappa shape index (κ1) is 18.8. The van der Waals surface area contributed by atoms with Gasteiger partial charge in [0.15, 0.2) is 0 Å². The lowest BCUT2D eigenvalue weighted by atomic mass is 10.0. The molecule has 0 saturated heterocycles. The van der Waals surface area contributed by atoms with Gasteiger partial charge in [0, 0.05) is 24.2 Å². The maximum absolute atomic E-state index is 12.2. The molecule has 1 atom stereocenters. The summed E-state index contributed by atoms with van der Waals surface area (Å²) in [6, 6.07) is 4.89. The van der Waals surface area contributed by atoms with Crippen molar-refractivity contribution in [1.82, 2.24) is 5.32 Å². The Bertz CT molecular complexity index is 570. The van der Waals surface area contributed by atoms with E-state index in [2.05, 4.69) is 16.0 Å². The number of carbonyl (C=O) groups excluding carboxylic acids is 2. The Morgan fingerprint density at radius 2 is 1.96 bits per heavy atom. The third kappa shape index (κ3) is 5.81. The van der Waals surface area contributed by atoms with Gasteiger partial charge in [-0.1, -0.05) is 6.92 Å². The number of rotatable bonds is 7. The zero-order chi connectivity index (χ0) is 17.6. The summed E-state index contributed by atoms with van der Waals surface area (Å²) in [5.41, 5.74) is 1.10. The average Bonchev–Trinajstić information content (AvgIpc) is 2.47. The van der Waals surface area contributed by atoms with Crippen LogP contribution in [0.1, 0.15) is 41.0 Å². The number of hydrogen-bond acceptors (Lipinski definition) is 4. The van der Waals surface area contributed by atoms with Crippen LogP contribution in [0.4, 0.5) is 11.4 Å². The van der Waals surface area contributed by atoms with Gasteiger partial charge in [0.25, 0.3) is 0 Å². The Morgan fingerprint density at radius 3 is 2.48 bits per heavy atom. The van der Waals surface area contributed by atoms with Gasteiger partial charge in [0.1, 0.15) is 11.8 Å². The minimum Gasteiger partial charge on any atom is -0.494 e. The van der Waals surface area contributed by atoms with E-state index in [1.54, 1.807) is 25.1 Å². The van der Waals surface area contributed by atoms with Gasteiger partial charge in [-0.05, 0) is 39.3 Å². The number of hydrogen-bond donors (Lipinski definition) is 3. The standard InChI is InChI=1S/C17H27N3O3/c1-7-17(4,5)20-16(22)11(2)18-13-8-9-14(19-12(3)21)15(10-13)23-6/h8-11,18H,7H2,1-6H3,(H,19,21)(H,20,22)/t11-/m1/s1. The highest BCUT2D eigenvalue weighted by Gasteiger charge is 2.21. The average molecular weight is 321 g/mol. The molecule has 6 nitrogen and oxygen atoms in total. The molecule has 23 heavy (non-hydrogen) atoms. The van der Waals surface area contributed by atoms with Crippen molar-refractivity contribution in [3.8, 4) is 5.75 Å². The first-order valence-corrected chi connectivity index (χ1v) is 7.72. The minimum absolute atomic E-state index is 0.0678. The van der Waals surface area contributed by atoms with E-state index in [1.807, 2.05) is 20.8 Å². The first-order chi connectivity index (χ1) is 10.7. The number of nitrogens with one attached hydrogen (secondary N) is 3. The smallest absolute Gasteiger partial charge is 0.242 e. The molecule has 0 bridgehead atoms. The second kappa shape index (κ2) is 7.85. The summed E-state index contributed by atoms with van der Waals surface area (Å²) in [7, 11) is 1.53. The molecular formula is C17H27N3O3. The largest absolute Gasteiger partial charge is 0.494 e. The number of amides is 2. The maximum Gasteiger partial charge on any atom is 0.242 e. The van der Waals surface area contributed by atoms with E-state index >= 15 is 0 Å². The van der Waals surface area contributed by atoms with Crippen LogP contribution in [0.2, 0.25) is 0 Å². The van der Waals surface area contributed by atoms with Gasteiger partial charge in [-0.3, -0.25) is 9.59 Å². The van der Waals surface area contributed by atoms with Gasteiger partial charge in [-0.2, -0.15) is 0 Å². The normalized spacial score (nSPS) is 12.3. The van der Waals surface area contributed by atoms with Crippen molar-refractivity contribution in [2.24, 2.45) is 0 Å². The summed E-state index contributed by atoms with van der Waals surface area (Å²) in [6.07, 6.45) is 0.852. The van der Waals surface area contributed by atoms with Crippen molar-refractivity contribution in [2.45, 2.75) is 52.6 Å². The topological polar surface area (TPSA) is 79.5 Å². The predicted molar refractivity (Wildman–Crippen MR) is 92.9 cm³/mol. The zero-order valence-electron chi connectivity index (χ0n) is 14.7. The van der Waals surface area contributed by atoms with E-state index < -0.39 is 6.04 Å². The molecule has 2 amide bonds. The van der Waals surface area contributed by atoms with Crippen LogP contribution >= 0.6 is 0 Å². The molecular weight excluding hydrogens is 294 g/mol. The molecule has 0 spiro atoms. The molecule has 3 N–H and O–H groups in total. The van der Waals surface area contributed by atoms with Crippen LogP contribution in [0.3, 0.4) is 0 Å². The number of methoxy groups -OCH3 is 1. The molecule has 0 radical (unpaired) electrons.